The number of fused-ring (bicyclic) bond motifs is 4. The van der Waals surface area contributed by atoms with E-state index in [4.69, 9.17) is 5.73 Å². The molecule has 232 valence electrons. The highest BCUT2D eigenvalue weighted by Gasteiger charge is 2.40. The van der Waals surface area contributed by atoms with Crippen molar-refractivity contribution in [3.8, 4) is 0 Å². The van der Waals surface area contributed by atoms with Crippen LogP contribution in [-0.4, -0.2) is 53.5 Å². The summed E-state index contributed by atoms with van der Waals surface area (Å²) >= 11 is -1.53. The maximum Gasteiger partial charge on any atom is 0.452 e. The lowest BCUT2D eigenvalue weighted by molar-refractivity contribution is -0.145. The number of amides is 1. The van der Waals surface area contributed by atoms with Crippen LogP contribution in [-0.2, 0) is 24.1 Å². The summed E-state index contributed by atoms with van der Waals surface area (Å²) in [5, 5.41) is 7.28. The van der Waals surface area contributed by atoms with Crippen molar-refractivity contribution >= 4 is 28.7 Å². The fourth-order valence-electron chi connectivity index (χ4n) is 6.52. The Hall–Kier alpha value is -3.68. The van der Waals surface area contributed by atoms with Crippen LogP contribution in [0.15, 0.2) is 47.5 Å². The van der Waals surface area contributed by atoms with E-state index in [1.54, 1.807) is 19.1 Å². The maximum atomic E-state index is 14.1. The number of piperidine rings is 1. The van der Waals surface area contributed by atoms with Crippen molar-refractivity contribution in [2.45, 2.75) is 76.0 Å². The van der Waals surface area contributed by atoms with Gasteiger partial charge in [0.05, 0.1) is 24.5 Å². The van der Waals surface area contributed by atoms with Crippen molar-refractivity contribution in [1.82, 2.24) is 23.9 Å². The van der Waals surface area contributed by atoms with Crippen LogP contribution in [0.4, 0.5) is 19.0 Å². The van der Waals surface area contributed by atoms with Gasteiger partial charge in [0.2, 0.25) is 10.7 Å². The number of rotatable bonds is 6. The first-order valence-corrected chi connectivity index (χ1v) is 15.8. The molecule has 1 fully saturated rings. The number of hydrogen-bond donors (Lipinski definition) is 1. The number of carbonyl (C=O) groups excluding carboxylic acids is 1. The van der Waals surface area contributed by atoms with Gasteiger partial charge in [-0.3, -0.25) is 9.20 Å². The molecule has 6 rings (SSSR count). The van der Waals surface area contributed by atoms with Crippen LogP contribution in [0, 0.1) is 13.8 Å². The van der Waals surface area contributed by atoms with Crippen molar-refractivity contribution < 1.29 is 22.5 Å². The van der Waals surface area contributed by atoms with Crippen molar-refractivity contribution in [3.63, 3.8) is 0 Å². The summed E-state index contributed by atoms with van der Waals surface area (Å²) in [5.41, 5.74) is 10.5. The Morgan fingerprint density at radius 2 is 1.95 bits per heavy atom. The first-order valence-electron chi connectivity index (χ1n) is 14.7. The third-order valence-corrected chi connectivity index (χ3v) is 10.3. The van der Waals surface area contributed by atoms with Crippen LogP contribution >= 0.6 is 0 Å². The summed E-state index contributed by atoms with van der Waals surface area (Å²) in [4.78, 5) is 19.2. The van der Waals surface area contributed by atoms with Gasteiger partial charge in [-0.05, 0) is 79.5 Å². The van der Waals surface area contributed by atoms with Crippen molar-refractivity contribution in [1.29, 1.82) is 0 Å². The van der Waals surface area contributed by atoms with E-state index in [0.29, 0.717) is 35.8 Å². The van der Waals surface area contributed by atoms with Crippen LogP contribution in [0.5, 0.6) is 0 Å². The Labute approximate surface area is 256 Å². The highest BCUT2D eigenvalue weighted by Crippen LogP contribution is 2.38. The van der Waals surface area contributed by atoms with Crippen molar-refractivity contribution in [3.05, 3.63) is 81.9 Å². The molecule has 0 bridgehead atoms. The molecule has 0 spiro atoms. The highest BCUT2D eigenvalue weighted by molar-refractivity contribution is 7.89. The van der Waals surface area contributed by atoms with Crippen molar-refractivity contribution in [2.75, 3.05) is 18.0 Å². The van der Waals surface area contributed by atoms with Gasteiger partial charge in [-0.2, -0.15) is 13.2 Å². The van der Waals surface area contributed by atoms with Gasteiger partial charge in [0.15, 0.2) is 11.5 Å². The minimum Gasteiger partial charge on any atom is -0.593 e. The number of benzene rings is 1. The quantitative estimate of drug-likeness (QED) is 0.289. The predicted octanol–water partition coefficient (Wildman–Crippen LogP) is 5.30. The third kappa shape index (κ3) is 5.41. The smallest absolute Gasteiger partial charge is 0.452 e. The largest absolute Gasteiger partial charge is 0.593 e. The lowest BCUT2D eigenvalue weighted by Crippen LogP contribution is -2.45. The Morgan fingerprint density at radius 1 is 1.16 bits per heavy atom. The summed E-state index contributed by atoms with van der Waals surface area (Å²) in [5.74, 6) is -1.19. The molecule has 0 saturated carbocycles. The Bertz CT molecular complexity index is 1730. The number of pyridine rings is 2. The molecule has 44 heavy (non-hydrogen) atoms. The van der Waals surface area contributed by atoms with Gasteiger partial charge in [-0.1, -0.05) is 25.1 Å². The number of hydrogen-bond acceptors (Lipinski definition) is 7. The monoisotopic (exact) mass is 625 g/mol. The number of nitrogens with zero attached hydrogens (tertiary/aromatic N) is 6. The number of carbonyl (C=O) groups is 1. The molecule has 2 N–H and O–H groups in total. The summed E-state index contributed by atoms with van der Waals surface area (Å²) in [6.45, 7) is 7.62. The van der Waals surface area contributed by atoms with Gasteiger partial charge in [0.1, 0.15) is 5.69 Å². The fourth-order valence-corrected chi connectivity index (χ4v) is 7.87. The fraction of sp³-hybridized carbons (Fsp3) is 0.419. The zero-order chi connectivity index (χ0) is 31.3. The Balaban J connectivity index is 1.34. The number of anilines is 1. The normalized spacial score (nSPS) is 19.8. The summed E-state index contributed by atoms with van der Waals surface area (Å²) in [7, 11) is 0. The first kappa shape index (κ1) is 30.4. The summed E-state index contributed by atoms with van der Waals surface area (Å²) < 4.78 is 57.4. The molecular formula is C31H34F3N7O2S. The molecule has 3 unspecified atom stereocenters. The van der Waals surface area contributed by atoms with Gasteiger partial charge in [-0.15, -0.1) is 14.5 Å². The van der Waals surface area contributed by atoms with Crippen LogP contribution in [0.2, 0.25) is 0 Å². The molecule has 5 heterocycles. The summed E-state index contributed by atoms with van der Waals surface area (Å²) in [6.07, 6.45) is 0.470. The number of alkyl halides is 3. The second-order valence-electron chi connectivity index (χ2n) is 11.6. The van der Waals surface area contributed by atoms with E-state index in [0.717, 1.165) is 52.5 Å². The predicted molar refractivity (Wildman–Crippen MR) is 161 cm³/mol. The molecule has 13 heteroatoms. The van der Waals surface area contributed by atoms with Gasteiger partial charge in [0, 0.05) is 30.8 Å². The Kier molecular flexibility index (Phi) is 8.05. The molecule has 2 aliphatic heterocycles. The van der Waals surface area contributed by atoms with Gasteiger partial charge in [-0.25, -0.2) is 4.98 Å². The van der Waals surface area contributed by atoms with Crippen LogP contribution < -0.4 is 10.6 Å². The molecule has 9 nitrogen and oxygen atoms in total. The van der Waals surface area contributed by atoms with Crippen molar-refractivity contribution in [2.24, 2.45) is 5.73 Å². The van der Waals surface area contributed by atoms with Gasteiger partial charge < -0.3 is 15.2 Å². The van der Waals surface area contributed by atoms with Crippen LogP contribution in [0.25, 0.3) is 5.65 Å². The number of primary amides is 1. The zero-order valence-corrected chi connectivity index (χ0v) is 25.6. The van der Waals surface area contributed by atoms with E-state index < -0.39 is 29.3 Å². The molecule has 0 radical (unpaired) electrons. The number of aromatic nitrogens is 4. The van der Waals surface area contributed by atoms with E-state index >= 15 is 0 Å². The molecule has 1 aromatic carbocycles. The first-order chi connectivity index (χ1) is 21.0. The average molecular weight is 626 g/mol. The maximum absolute atomic E-state index is 14.1. The number of halogens is 3. The Morgan fingerprint density at radius 3 is 2.68 bits per heavy atom. The molecule has 3 aromatic heterocycles. The van der Waals surface area contributed by atoms with E-state index in [9.17, 15) is 22.5 Å². The minimum absolute atomic E-state index is 0.0917. The zero-order valence-electron chi connectivity index (χ0n) is 24.8. The molecular weight excluding hydrogens is 591 g/mol. The van der Waals surface area contributed by atoms with Crippen LogP contribution in [0.3, 0.4) is 0 Å². The molecule has 1 saturated heterocycles. The number of nitrogens with two attached hydrogens (primary N) is 1. The molecule has 4 aromatic rings. The van der Waals surface area contributed by atoms with Gasteiger partial charge >= 0.3 is 6.18 Å². The minimum atomic E-state index is -4.60. The lowest BCUT2D eigenvalue weighted by atomic mass is 9.85. The van der Waals surface area contributed by atoms with E-state index in [1.807, 2.05) is 24.2 Å². The summed E-state index contributed by atoms with van der Waals surface area (Å²) in [6, 6.07) is 11.3. The number of aryl methyl sites for hydroxylation is 2. The van der Waals surface area contributed by atoms with E-state index in [-0.39, 0.29) is 23.3 Å². The SMILES string of the molecule is CCC(c1ccc(C)c(CN2CC3CCCCN3c3nc(C(N)=O)ccc3[S+]2[O-])c1)c1ccn2c(C(F)(F)F)nnc2c1C. The molecule has 0 aliphatic carbocycles. The van der Waals surface area contributed by atoms with Gasteiger partial charge in [0.25, 0.3) is 5.91 Å². The standard InChI is InChI=1S/C31H34F3N7O2S/c1-4-23(24-12-14-41-28(19(24)3)37-38-30(41)31(32,33)34)20-9-8-18(2)21(15-20)16-39-17-22-7-5-6-13-40(22)29-26(44(39)43)11-10-25(36-29)27(35)42/h8-12,14-15,22-23H,4-7,13,16-17H2,1-3H3,(H2,35,42). The third-order valence-electron chi connectivity index (χ3n) is 8.85. The molecule has 1 amide bonds. The topological polar surface area (TPSA) is 116 Å². The average Bonchev–Trinajstić information content (AvgIpc) is 3.41. The second kappa shape index (κ2) is 11.7. The molecule has 3 atom stereocenters. The van der Waals surface area contributed by atoms with E-state index in [1.165, 1.54) is 12.3 Å². The van der Waals surface area contributed by atoms with E-state index in [2.05, 4.69) is 32.2 Å². The second-order valence-corrected chi connectivity index (χ2v) is 13.0. The highest BCUT2D eigenvalue weighted by atomic mass is 32.2. The van der Waals surface area contributed by atoms with Crippen LogP contribution in [0.1, 0.15) is 82.7 Å². The lowest BCUT2D eigenvalue weighted by Gasteiger charge is -2.35. The molecule has 2 aliphatic rings.